The van der Waals surface area contributed by atoms with Crippen LogP contribution in [0.1, 0.15) is 67.1 Å². The molecule has 13 heteroatoms. The molecule has 1 aliphatic carbocycles. The maximum Gasteiger partial charge on any atom is 0.433 e. The summed E-state index contributed by atoms with van der Waals surface area (Å²) >= 11 is 0. The number of aromatic amines is 1. The van der Waals surface area contributed by atoms with Gasteiger partial charge in [-0.1, -0.05) is 13.8 Å². The molecular weight excluding hydrogens is 515 g/mol. The molecule has 1 amide bonds. The van der Waals surface area contributed by atoms with Crippen molar-refractivity contribution < 1.29 is 22.7 Å². The Morgan fingerprint density at radius 3 is 2.38 bits per heavy atom. The molecule has 0 aromatic carbocycles. The molecule has 1 saturated heterocycles. The number of carbonyl (C=O) groups is 1. The molecule has 4 heterocycles. The molecule has 0 radical (unpaired) electrons. The summed E-state index contributed by atoms with van der Waals surface area (Å²) in [5, 5.41) is 2.76. The average molecular weight is 546 g/mol. The number of nitrogens with one attached hydrogen (secondary N) is 2. The fourth-order valence-corrected chi connectivity index (χ4v) is 5.11. The zero-order valence-electron chi connectivity index (χ0n) is 22.0. The van der Waals surface area contributed by atoms with E-state index >= 15 is 0 Å². The van der Waals surface area contributed by atoms with Gasteiger partial charge in [0.15, 0.2) is 11.3 Å². The number of nitrogens with zero attached hydrogens (tertiary/aromatic N) is 5. The van der Waals surface area contributed by atoms with Crippen LogP contribution in [0.2, 0.25) is 0 Å². The first-order valence-corrected chi connectivity index (χ1v) is 12.9. The van der Waals surface area contributed by atoms with Gasteiger partial charge in [-0.05, 0) is 32.8 Å². The number of rotatable bonds is 6. The van der Waals surface area contributed by atoms with E-state index in [-0.39, 0.29) is 57.8 Å². The van der Waals surface area contributed by atoms with Crippen molar-refractivity contribution in [2.75, 3.05) is 18.4 Å². The minimum absolute atomic E-state index is 0.0292. The van der Waals surface area contributed by atoms with Crippen LogP contribution in [0.4, 0.5) is 19.1 Å². The number of hydrogen-bond acceptors (Lipinski definition) is 8. The van der Waals surface area contributed by atoms with Gasteiger partial charge >= 0.3 is 6.18 Å². The summed E-state index contributed by atoms with van der Waals surface area (Å²) in [5.74, 6) is 0.353. The highest BCUT2D eigenvalue weighted by molar-refractivity contribution is 5.93. The van der Waals surface area contributed by atoms with Gasteiger partial charge in [0.25, 0.3) is 11.5 Å². The zero-order valence-corrected chi connectivity index (χ0v) is 22.0. The number of aromatic nitrogens is 5. The molecule has 39 heavy (non-hydrogen) atoms. The molecule has 2 fully saturated rings. The monoisotopic (exact) mass is 545 g/mol. The summed E-state index contributed by atoms with van der Waals surface area (Å²) in [6, 6.07) is 0.165. The predicted molar refractivity (Wildman–Crippen MR) is 136 cm³/mol. The van der Waals surface area contributed by atoms with E-state index in [1.165, 1.54) is 26.2 Å². The van der Waals surface area contributed by atoms with E-state index in [1.807, 2.05) is 0 Å². The van der Waals surface area contributed by atoms with Crippen LogP contribution in [0.5, 0.6) is 0 Å². The smallest absolute Gasteiger partial charge is 0.374 e. The lowest BCUT2D eigenvalue weighted by Gasteiger charge is -2.41. The predicted octanol–water partition coefficient (Wildman–Crippen LogP) is 3.88. The molecule has 2 N–H and O–H groups in total. The Balaban J connectivity index is 1.32. The van der Waals surface area contributed by atoms with Crippen LogP contribution in [0.15, 0.2) is 23.3 Å². The van der Waals surface area contributed by atoms with Crippen molar-refractivity contribution in [1.82, 2.24) is 29.8 Å². The Hall–Kier alpha value is -3.61. The SMILES string of the molecule is Cc1nc2nc(C(F)(F)F)c(C(C)Nc3ncc(C(=O)N4CC(C)C(OC5CC5)C(C)C4)cn3)cc2c(=O)[nH]1. The third kappa shape index (κ3) is 5.72. The lowest BCUT2D eigenvalue weighted by Crippen LogP contribution is -2.50. The molecule has 208 valence electrons. The molecule has 1 saturated carbocycles. The van der Waals surface area contributed by atoms with Gasteiger partial charge in [0, 0.05) is 42.9 Å². The number of amides is 1. The quantitative estimate of drug-likeness (QED) is 0.478. The minimum atomic E-state index is -4.78. The summed E-state index contributed by atoms with van der Waals surface area (Å²) in [4.78, 5) is 45.6. The minimum Gasteiger partial charge on any atom is -0.374 e. The van der Waals surface area contributed by atoms with Crippen LogP contribution < -0.4 is 10.9 Å². The van der Waals surface area contributed by atoms with Gasteiger partial charge in [0.05, 0.1) is 29.2 Å². The number of pyridine rings is 1. The standard InChI is InChI=1S/C26H30F3N7O3/c1-12-10-36(11-13(2)20(12)39-17-5-6-17)24(38)16-8-30-25(31-9-16)32-14(3)18-7-19-22(33-15(4)34-23(19)37)35-21(18)26(27,28)29/h7-9,12-14,17,20H,5-6,10-11H2,1-4H3,(H,30,31,32)(H,33,34,35,37). The number of halogens is 3. The highest BCUT2D eigenvalue weighted by Gasteiger charge is 2.39. The van der Waals surface area contributed by atoms with Crippen molar-refractivity contribution in [3.05, 3.63) is 51.5 Å². The molecule has 3 aromatic heterocycles. The van der Waals surface area contributed by atoms with Crippen LogP contribution in [-0.2, 0) is 10.9 Å². The average Bonchev–Trinajstić information content (AvgIpc) is 3.69. The number of aryl methyl sites for hydroxylation is 1. The lowest BCUT2D eigenvalue weighted by molar-refractivity contribution is -0.141. The van der Waals surface area contributed by atoms with E-state index in [1.54, 1.807) is 4.90 Å². The van der Waals surface area contributed by atoms with Crippen LogP contribution in [0.3, 0.4) is 0 Å². The molecule has 10 nitrogen and oxygen atoms in total. The van der Waals surface area contributed by atoms with Gasteiger partial charge in [-0.25, -0.2) is 19.9 Å². The second kappa shape index (κ2) is 10.2. The van der Waals surface area contributed by atoms with E-state index in [2.05, 4.69) is 44.1 Å². The lowest BCUT2D eigenvalue weighted by atomic mass is 9.88. The van der Waals surface area contributed by atoms with Gasteiger partial charge < -0.3 is 19.9 Å². The Labute approximate surface area is 222 Å². The molecule has 0 bridgehead atoms. The highest BCUT2D eigenvalue weighted by atomic mass is 19.4. The van der Waals surface area contributed by atoms with Gasteiger partial charge in [0.1, 0.15) is 5.82 Å². The van der Waals surface area contributed by atoms with Crippen molar-refractivity contribution >= 4 is 22.9 Å². The fraction of sp³-hybridized carbons (Fsp3) is 0.538. The van der Waals surface area contributed by atoms with E-state index in [9.17, 15) is 22.8 Å². The zero-order chi connectivity index (χ0) is 28.1. The van der Waals surface area contributed by atoms with Crippen molar-refractivity contribution in [1.29, 1.82) is 0 Å². The summed E-state index contributed by atoms with van der Waals surface area (Å²) in [5.41, 5.74) is -2.00. The van der Waals surface area contributed by atoms with Crippen molar-refractivity contribution in [2.45, 2.75) is 65.0 Å². The van der Waals surface area contributed by atoms with E-state index in [0.717, 1.165) is 18.9 Å². The molecule has 3 aromatic rings. The summed E-state index contributed by atoms with van der Waals surface area (Å²) in [7, 11) is 0. The first-order chi connectivity index (χ1) is 18.4. The van der Waals surface area contributed by atoms with E-state index in [0.29, 0.717) is 19.2 Å². The van der Waals surface area contributed by atoms with Gasteiger partial charge in [-0.2, -0.15) is 13.2 Å². The molecule has 3 atom stereocenters. The van der Waals surface area contributed by atoms with E-state index < -0.39 is 23.5 Å². The van der Waals surface area contributed by atoms with Crippen LogP contribution in [0.25, 0.3) is 11.0 Å². The fourth-order valence-electron chi connectivity index (χ4n) is 5.11. The first-order valence-electron chi connectivity index (χ1n) is 12.9. The summed E-state index contributed by atoms with van der Waals surface area (Å²) in [6.45, 7) is 8.21. The molecule has 3 unspecified atom stereocenters. The molecule has 1 aliphatic heterocycles. The summed E-state index contributed by atoms with van der Waals surface area (Å²) in [6.07, 6.45) is 0.586. The molecular formula is C26H30F3N7O3. The maximum atomic E-state index is 13.9. The number of ether oxygens (including phenoxy) is 1. The van der Waals surface area contributed by atoms with E-state index in [4.69, 9.17) is 4.74 Å². The number of alkyl halides is 3. The normalized spacial score (nSPS) is 22.6. The number of fused-ring (bicyclic) bond motifs is 1. The number of piperidine rings is 1. The second-order valence-electron chi connectivity index (χ2n) is 10.6. The van der Waals surface area contributed by atoms with Crippen LogP contribution in [0, 0.1) is 18.8 Å². The maximum absolute atomic E-state index is 13.9. The molecule has 0 spiro atoms. The Kier molecular flexibility index (Phi) is 7.04. The number of likely N-dealkylation sites (tertiary alicyclic amines) is 1. The second-order valence-corrected chi connectivity index (χ2v) is 10.6. The van der Waals surface area contributed by atoms with Crippen molar-refractivity contribution in [3.63, 3.8) is 0 Å². The molecule has 2 aliphatic rings. The Bertz CT molecular complexity index is 1430. The number of hydrogen-bond donors (Lipinski definition) is 2. The topological polar surface area (TPSA) is 126 Å². The number of anilines is 1. The van der Waals surface area contributed by atoms with Crippen molar-refractivity contribution in [2.24, 2.45) is 11.8 Å². The highest BCUT2D eigenvalue weighted by Crippen LogP contribution is 2.35. The Morgan fingerprint density at radius 1 is 1.15 bits per heavy atom. The summed E-state index contributed by atoms with van der Waals surface area (Å²) < 4.78 is 47.7. The largest absolute Gasteiger partial charge is 0.433 e. The Morgan fingerprint density at radius 2 is 1.79 bits per heavy atom. The third-order valence-corrected chi connectivity index (χ3v) is 7.12. The van der Waals surface area contributed by atoms with Crippen molar-refractivity contribution in [3.8, 4) is 0 Å². The number of carbonyl (C=O) groups excluding carboxylic acids is 1. The molecule has 5 rings (SSSR count). The van der Waals surface area contributed by atoms with Crippen LogP contribution >= 0.6 is 0 Å². The third-order valence-electron chi connectivity index (χ3n) is 7.12. The number of H-pyrrole nitrogens is 1. The van der Waals surface area contributed by atoms with Gasteiger partial charge in [0.2, 0.25) is 5.95 Å². The van der Waals surface area contributed by atoms with Gasteiger partial charge in [-0.3, -0.25) is 9.59 Å². The van der Waals surface area contributed by atoms with Crippen LogP contribution in [-0.4, -0.2) is 61.0 Å². The van der Waals surface area contributed by atoms with Gasteiger partial charge in [-0.15, -0.1) is 0 Å². The first kappa shape index (κ1) is 27.0.